The fourth-order valence-electron chi connectivity index (χ4n) is 2.15. The summed E-state index contributed by atoms with van der Waals surface area (Å²) in [6, 6.07) is 13.9. The Morgan fingerprint density at radius 3 is 2.16 bits per heavy atom. The molecule has 0 bridgehead atoms. The third kappa shape index (κ3) is 6.18. The third-order valence-corrected chi connectivity index (χ3v) is 3.18. The molecule has 6 nitrogen and oxygen atoms in total. The van der Waals surface area contributed by atoms with E-state index in [1.165, 1.54) is 0 Å². The largest absolute Gasteiger partial charge is 0.497 e. The molecule has 2 rings (SSSR count). The maximum atomic E-state index is 12.0. The Balaban J connectivity index is 1.85. The van der Waals surface area contributed by atoms with Crippen LogP contribution in [0, 0.1) is 0 Å². The Morgan fingerprint density at radius 2 is 1.56 bits per heavy atom. The smallest absolute Gasteiger partial charge is 0.233 e. The van der Waals surface area contributed by atoms with Gasteiger partial charge < -0.3 is 20.1 Å². The van der Waals surface area contributed by atoms with Crippen LogP contribution >= 0.6 is 0 Å². The van der Waals surface area contributed by atoms with Crippen molar-refractivity contribution in [1.82, 2.24) is 0 Å². The summed E-state index contributed by atoms with van der Waals surface area (Å²) < 4.78 is 10.6. The van der Waals surface area contributed by atoms with E-state index in [9.17, 15) is 9.59 Å². The van der Waals surface area contributed by atoms with Gasteiger partial charge in [-0.1, -0.05) is 6.07 Å². The van der Waals surface area contributed by atoms with Crippen molar-refractivity contribution in [3.05, 3.63) is 48.5 Å². The van der Waals surface area contributed by atoms with Crippen LogP contribution in [0.4, 0.5) is 11.4 Å². The number of rotatable bonds is 7. The van der Waals surface area contributed by atoms with E-state index in [0.717, 1.165) is 5.75 Å². The summed E-state index contributed by atoms with van der Waals surface area (Å²) in [5.74, 6) is 0.568. The van der Waals surface area contributed by atoms with Gasteiger partial charge in [0.25, 0.3) is 0 Å². The molecule has 0 radical (unpaired) electrons. The van der Waals surface area contributed by atoms with Crippen LogP contribution in [0.5, 0.6) is 11.5 Å². The molecule has 132 valence electrons. The summed E-state index contributed by atoms with van der Waals surface area (Å²) in [5, 5.41) is 5.35. The molecule has 0 aromatic heterocycles. The number of methoxy groups -OCH3 is 1. The molecule has 0 saturated heterocycles. The Morgan fingerprint density at radius 1 is 0.920 bits per heavy atom. The van der Waals surface area contributed by atoms with Crippen LogP contribution in [0.3, 0.4) is 0 Å². The number of amides is 2. The lowest BCUT2D eigenvalue weighted by atomic mass is 10.2. The van der Waals surface area contributed by atoms with E-state index in [1.807, 2.05) is 13.8 Å². The number of hydrogen-bond acceptors (Lipinski definition) is 4. The maximum absolute atomic E-state index is 12.0. The van der Waals surface area contributed by atoms with Gasteiger partial charge in [0.1, 0.15) is 17.9 Å². The minimum absolute atomic E-state index is 0.0840. The Hall–Kier alpha value is -3.02. The van der Waals surface area contributed by atoms with Gasteiger partial charge >= 0.3 is 0 Å². The van der Waals surface area contributed by atoms with E-state index in [0.29, 0.717) is 17.1 Å². The molecule has 0 fully saturated rings. The van der Waals surface area contributed by atoms with Crippen LogP contribution in [-0.2, 0) is 9.59 Å². The summed E-state index contributed by atoms with van der Waals surface area (Å²) in [6.45, 7) is 3.88. The number of carbonyl (C=O) groups is 2. The van der Waals surface area contributed by atoms with Crippen molar-refractivity contribution in [2.45, 2.75) is 26.4 Å². The second kappa shape index (κ2) is 8.73. The average molecular weight is 342 g/mol. The topological polar surface area (TPSA) is 76.7 Å². The molecule has 0 unspecified atom stereocenters. The molecule has 0 aliphatic carbocycles. The molecule has 25 heavy (non-hydrogen) atoms. The minimum Gasteiger partial charge on any atom is -0.497 e. The lowest BCUT2D eigenvalue weighted by Gasteiger charge is -2.11. The van der Waals surface area contributed by atoms with Crippen LogP contribution in [0.25, 0.3) is 0 Å². The van der Waals surface area contributed by atoms with Crippen LogP contribution in [0.2, 0.25) is 0 Å². The standard InChI is InChI=1S/C19H22N2O4/c1-13(2)25-16-9-7-14(8-10-16)20-18(22)12-19(23)21-15-5-4-6-17(11-15)24-3/h4-11,13H,12H2,1-3H3,(H,20,22)(H,21,23). The van der Waals surface area contributed by atoms with Crippen molar-refractivity contribution in [3.63, 3.8) is 0 Å². The molecule has 2 aromatic carbocycles. The highest BCUT2D eigenvalue weighted by Gasteiger charge is 2.10. The van der Waals surface area contributed by atoms with Gasteiger partial charge in [0.05, 0.1) is 13.2 Å². The Bertz CT molecular complexity index is 726. The average Bonchev–Trinajstić information content (AvgIpc) is 2.56. The quantitative estimate of drug-likeness (QED) is 0.756. The van der Waals surface area contributed by atoms with Crippen LogP contribution in [0.1, 0.15) is 20.3 Å². The lowest BCUT2D eigenvalue weighted by Crippen LogP contribution is -2.21. The first-order valence-corrected chi connectivity index (χ1v) is 7.96. The lowest BCUT2D eigenvalue weighted by molar-refractivity contribution is -0.123. The van der Waals surface area contributed by atoms with E-state index >= 15 is 0 Å². The molecule has 0 saturated carbocycles. The highest BCUT2D eigenvalue weighted by atomic mass is 16.5. The van der Waals surface area contributed by atoms with Crippen molar-refractivity contribution in [2.75, 3.05) is 17.7 Å². The summed E-state index contributed by atoms with van der Waals surface area (Å²) in [4.78, 5) is 23.9. The first kappa shape index (κ1) is 18.3. The van der Waals surface area contributed by atoms with E-state index in [-0.39, 0.29) is 12.5 Å². The molecule has 2 amide bonds. The van der Waals surface area contributed by atoms with Crippen LogP contribution < -0.4 is 20.1 Å². The number of carbonyl (C=O) groups excluding carboxylic acids is 2. The van der Waals surface area contributed by atoms with Crippen molar-refractivity contribution in [1.29, 1.82) is 0 Å². The van der Waals surface area contributed by atoms with Gasteiger partial charge in [-0.05, 0) is 50.2 Å². The van der Waals surface area contributed by atoms with Crippen molar-refractivity contribution in [3.8, 4) is 11.5 Å². The molecule has 0 aliphatic rings. The van der Waals surface area contributed by atoms with Gasteiger partial charge in [-0.2, -0.15) is 0 Å². The van der Waals surface area contributed by atoms with E-state index in [2.05, 4.69) is 10.6 Å². The molecule has 0 heterocycles. The fraction of sp³-hybridized carbons (Fsp3) is 0.263. The second-order valence-electron chi connectivity index (χ2n) is 5.70. The van der Waals surface area contributed by atoms with Gasteiger partial charge in [-0.15, -0.1) is 0 Å². The van der Waals surface area contributed by atoms with Gasteiger partial charge in [0.2, 0.25) is 11.8 Å². The second-order valence-corrected chi connectivity index (χ2v) is 5.70. The summed E-state index contributed by atoms with van der Waals surface area (Å²) in [5.41, 5.74) is 1.18. The highest BCUT2D eigenvalue weighted by molar-refractivity contribution is 6.08. The maximum Gasteiger partial charge on any atom is 0.233 e. The zero-order valence-electron chi connectivity index (χ0n) is 14.5. The summed E-state index contributed by atoms with van der Waals surface area (Å²) in [7, 11) is 1.55. The zero-order chi connectivity index (χ0) is 18.2. The molecule has 0 atom stereocenters. The van der Waals surface area contributed by atoms with E-state index in [4.69, 9.17) is 9.47 Å². The molecular weight excluding hydrogens is 320 g/mol. The molecule has 0 aliphatic heterocycles. The Labute approximate surface area is 147 Å². The SMILES string of the molecule is COc1cccc(NC(=O)CC(=O)Nc2ccc(OC(C)C)cc2)c1. The molecule has 6 heteroatoms. The van der Waals surface area contributed by atoms with Crippen LogP contribution in [-0.4, -0.2) is 25.0 Å². The molecule has 2 N–H and O–H groups in total. The fourth-order valence-corrected chi connectivity index (χ4v) is 2.15. The van der Waals surface area contributed by atoms with Gasteiger partial charge in [-0.3, -0.25) is 9.59 Å². The predicted octanol–water partition coefficient (Wildman–Crippen LogP) is 3.45. The minimum atomic E-state index is -0.398. The third-order valence-electron chi connectivity index (χ3n) is 3.18. The van der Waals surface area contributed by atoms with Crippen molar-refractivity contribution >= 4 is 23.2 Å². The predicted molar refractivity (Wildman–Crippen MR) is 97.1 cm³/mol. The van der Waals surface area contributed by atoms with Crippen molar-refractivity contribution in [2.24, 2.45) is 0 Å². The zero-order valence-corrected chi connectivity index (χ0v) is 14.5. The number of hydrogen-bond donors (Lipinski definition) is 2. The number of ether oxygens (including phenoxy) is 2. The number of nitrogens with one attached hydrogen (secondary N) is 2. The Kier molecular flexibility index (Phi) is 6.39. The van der Waals surface area contributed by atoms with Crippen LogP contribution in [0.15, 0.2) is 48.5 Å². The molecule has 2 aromatic rings. The summed E-state index contributed by atoms with van der Waals surface area (Å²) in [6.07, 6.45) is -0.192. The first-order valence-electron chi connectivity index (χ1n) is 7.96. The van der Waals surface area contributed by atoms with E-state index in [1.54, 1.807) is 55.6 Å². The van der Waals surface area contributed by atoms with Gasteiger partial charge in [-0.25, -0.2) is 0 Å². The monoisotopic (exact) mass is 342 g/mol. The molecular formula is C19H22N2O4. The van der Waals surface area contributed by atoms with Gasteiger partial charge in [0, 0.05) is 17.4 Å². The number of anilines is 2. The summed E-state index contributed by atoms with van der Waals surface area (Å²) >= 11 is 0. The first-order chi connectivity index (χ1) is 12.0. The highest BCUT2D eigenvalue weighted by Crippen LogP contribution is 2.18. The van der Waals surface area contributed by atoms with E-state index < -0.39 is 11.8 Å². The van der Waals surface area contributed by atoms with Gasteiger partial charge in [0.15, 0.2) is 0 Å². The van der Waals surface area contributed by atoms with Crippen molar-refractivity contribution < 1.29 is 19.1 Å². The number of benzene rings is 2. The normalized spacial score (nSPS) is 10.2. The molecule has 0 spiro atoms.